The number of aromatic amines is 1. The number of aromatic nitrogens is 1. The first-order chi connectivity index (χ1) is 13.4. The number of amides is 1. The Kier molecular flexibility index (Phi) is 6.87. The van der Waals surface area contributed by atoms with Gasteiger partial charge in [-0.3, -0.25) is 14.4 Å². The summed E-state index contributed by atoms with van der Waals surface area (Å²) in [5, 5.41) is 0. The number of Topliss-reactive ketones (excluding diaryl/α,β-unsaturated/α-hetero) is 2. The van der Waals surface area contributed by atoms with Crippen LogP contribution in [-0.2, 0) is 14.3 Å². The summed E-state index contributed by atoms with van der Waals surface area (Å²) in [5.74, 6) is -1.31. The summed E-state index contributed by atoms with van der Waals surface area (Å²) in [6.45, 7) is 10.7. The van der Waals surface area contributed by atoms with Crippen molar-refractivity contribution in [1.29, 1.82) is 0 Å². The number of piperidine rings is 1. The maximum absolute atomic E-state index is 12.4. The van der Waals surface area contributed by atoms with E-state index in [4.69, 9.17) is 9.47 Å². The van der Waals surface area contributed by atoms with Gasteiger partial charge in [0.05, 0.1) is 11.6 Å². The zero-order valence-corrected chi connectivity index (χ0v) is 18.0. The maximum atomic E-state index is 12.4. The van der Waals surface area contributed by atoms with Gasteiger partial charge in [0.25, 0.3) is 0 Å². The summed E-state index contributed by atoms with van der Waals surface area (Å²) in [5.41, 5.74) is 1.42. The molecular weight excluding hydrogens is 376 g/mol. The average molecular weight is 406 g/mol. The zero-order valence-electron chi connectivity index (χ0n) is 18.0. The van der Waals surface area contributed by atoms with Gasteiger partial charge < -0.3 is 19.4 Å². The molecule has 0 spiro atoms. The number of ether oxygens (including phenoxy) is 2. The third kappa shape index (κ3) is 5.68. The van der Waals surface area contributed by atoms with Gasteiger partial charge in [-0.25, -0.2) is 4.79 Å². The van der Waals surface area contributed by atoms with Crippen molar-refractivity contribution in [3.8, 4) is 0 Å². The smallest absolute Gasteiger partial charge is 0.410 e. The lowest BCUT2D eigenvalue weighted by molar-refractivity contribution is -0.149. The van der Waals surface area contributed by atoms with Gasteiger partial charge in [-0.1, -0.05) is 0 Å². The summed E-state index contributed by atoms with van der Waals surface area (Å²) >= 11 is 0. The molecule has 2 rings (SSSR count). The molecule has 8 heteroatoms. The van der Waals surface area contributed by atoms with E-state index in [2.05, 4.69) is 4.98 Å². The average Bonchev–Trinajstić information content (AvgIpc) is 2.92. The van der Waals surface area contributed by atoms with Crippen LogP contribution in [0.15, 0.2) is 0 Å². The first-order valence-corrected chi connectivity index (χ1v) is 9.78. The molecule has 160 valence electrons. The molecule has 2 heterocycles. The van der Waals surface area contributed by atoms with E-state index in [0.717, 1.165) is 0 Å². The second-order valence-electron chi connectivity index (χ2n) is 8.45. The number of carbonyl (C=O) groups excluding carboxylic acids is 4. The highest BCUT2D eigenvalue weighted by Gasteiger charge is 2.31. The quantitative estimate of drug-likeness (QED) is 0.594. The van der Waals surface area contributed by atoms with E-state index in [9.17, 15) is 19.2 Å². The lowest BCUT2D eigenvalue weighted by atomic mass is 9.97. The van der Waals surface area contributed by atoms with Crippen molar-refractivity contribution in [2.45, 2.75) is 60.0 Å². The van der Waals surface area contributed by atoms with E-state index < -0.39 is 17.7 Å². The van der Waals surface area contributed by atoms with Crippen LogP contribution in [0.3, 0.4) is 0 Å². The Bertz CT molecular complexity index is 810. The van der Waals surface area contributed by atoms with E-state index in [1.165, 1.54) is 6.92 Å². The van der Waals surface area contributed by atoms with Crippen molar-refractivity contribution in [1.82, 2.24) is 9.88 Å². The summed E-state index contributed by atoms with van der Waals surface area (Å²) in [6.07, 6.45) is 0.529. The van der Waals surface area contributed by atoms with Crippen LogP contribution in [0.25, 0.3) is 0 Å². The Hall–Kier alpha value is -2.64. The molecule has 0 aliphatic carbocycles. The first kappa shape index (κ1) is 22.6. The number of likely N-dealkylation sites (tertiary alicyclic amines) is 1. The van der Waals surface area contributed by atoms with Crippen molar-refractivity contribution in [3.05, 3.63) is 22.5 Å². The third-order valence-corrected chi connectivity index (χ3v) is 4.89. The van der Waals surface area contributed by atoms with Crippen molar-refractivity contribution in [3.63, 3.8) is 0 Å². The number of ketones is 2. The second kappa shape index (κ2) is 8.80. The predicted octanol–water partition coefficient (Wildman–Crippen LogP) is 3.21. The normalized spacial score (nSPS) is 15.2. The molecule has 8 nitrogen and oxygen atoms in total. The lowest BCUT2D eigenvalue weighted by Gasteiger charge is -2.32. The third-order valence-electron chi connectivity index (χ3n) is 4.89. The topological polar surface area (TPSA) is 106 Å². The SMILES string of the molecule is CC(=O)c1c(C)[nH]c(C(=O)COC(=O)C2CCN(C(=O)OC(C)(C)C)CC2)c1C. The zero-order chi connectivity index (χ0) is 21.9. The standard InChI is InChI=1S/C21H30N2O6/c1-12-17(14(3)24)13(2)22-18(12)16(25)11-28-19(26)15-7-9-23(10-8-15)20(27)29-21(4,5)6/h15,22H,7-11H2,1-6H3. The highest BCUT2D eigenvalue weighted by Crippen LogP contribution is 2.22. The summed E-state index contributed by atoms with van der Waals surface area (Å²) in [7, 11) is 0. The molecule has 1 fully saturated rings. The molecular formula is C21H30N2O6. The van der Waals surface area contributed by atoms with Gasteiger partial charge in [-0.2, -0.15) is 0 Å². The molecule has 1 aliphatic heterocycles. The van der Waals surface area contributed by atoms with Gasteiger partial charge in [0, 0.05) is 24.3 Å². The number of hydrogen-bond acceptors (Lipinski definition) is 6. The van der Waals surface area contributed by atoms with Crippen LogP contribution in [0, 0.1) is 19.8 Å². The maximum Gasteiger partial charge on any atom is 0.410 e. The number of H-pyrrole nitrogens is 1. The van der Waals surface area contributed by atoms with Gasteiger partial charge in [0.1, 0.15) is 5.60 Å². The number of carbonyl (C=O) groups is 4. The van der Waals surface area contributed by atoms with E-state index in [1.807, 2.05) is 0 Å². The number of esters is 1. The fourth-order valence-electron chi connectivity index (χ4n) is 3.51. The van der Waals surface area contributed by atoms with E-state index in [-0.39, 0.29) is 24.1 Å². The molecule has 0 unspecified atom stereocenters. The Labute approximate surface area is 170 Å². The first-order valence-electron chi connectivity index (χ1n) is 9.78. The lowest BCUT2D eigenvalue weighted by Crippen LogP contribution is -2.43. The Morgan fingerprint density at radius 3 is 2.17 bits per heavy atom. The summed E-state index contributed by atoms with van der Waals surface area (Å²) in [6, 6.07) is 0. The molecule has 1 N–H and O–H groups in total. The molecule has 0 atom stereocenters. The largest absolute Gasteiger partial charge is 0.457 e. The molecule has 1 aromatic heterocycles. The highest BCUT2D eigenvalue weighted by atomic mass is 16.6. The Balaban J connectivity index is 1.86. The van der Waals surface area contributed by atoms with Gasteiger partial charge in [0.2, 0.25) is 5.78 Å². The number of rotatable bonds is 5. The molecule has 0 saturated carbocycles. The number of nitrogens with one attached hydrogen (secondary N) is 1. The molecule has 1 amide bonds. The predicted molar refractivity (Wildman–Crippen MR) is 106 cm³/mol. The summed E-state index contributed by atoms with van der Waals surface area (Å²) in [4.78, 5) is 53.0. The van der Waals surface area contributed by atoms with E-state index in [0.29, 0.717) is 48.4 Å². The van der Waals surface area contributed by atoms with Crippen LogP contribution in [0.5, 0.6) is 0 Å². The van der Waals surface area contributed by atoms with Crippen LogP contribution >= 0.6 is 0 Å². The van der Waals surface area contributed by atoms with Gasteiger partial charge >= 0.3 is 12.1 Å². The van der Waals surface area contributed by atoms with Crippen LogP contribution in [0.1, 0.15) is 72.6 Å². The number of hydrogen-bond donors (Lipinski definition) is 1. The van der Waals surface area contributed by atoms with Gasteiger partial charge in [-0.15, -0.1) is 0 Å². The van der Waals surface area contributed by atoms with Crippen LogP contribution in [0.4, 0.5) is 4.79 Å². The molecule has 0 bridgehead atoms. The molecule has 0 radical (unpaired) electrons. The van der Waals surface area contributed by atoms with Gasteiger partial charge in [-0.05, 0) is 59.9 Å². The van der Waals surface area contributed by atoms with Crippen molar-refractivity contribution < 1.29 is 28.7 Å². The Morgan fingerprint density at radius 2 is 1.69 bits per heavy atom. The van der Waals surface area contributed by atoms with E-state index >= 15 is 0 Å². The molecule has 29 heavy (non-hydrogen) atoms. The Morgan fingerprint density at radius 1 is 1.10 bits per heavy atom. The minimum absolute atomic E-state index is 0.121. The minimum Gasteiger partial charge on any atom is -0.457 e. The molecule has 1 aromatic rings. The second-order valence-corrected chi connectivity index (χ2v) is 8.45. The van der Waals surface area contributed by atoms with Crippen molar-refractivity contribution in [2.24, 2.45) is 5.92 Å². The minimum atomic E-state index is -0.566. The fraction of sp³-hybridized carbons (Fsp3) is 0.619. The monoisotopic (exact) mass is 406 g/mol. The molecule has 0 aromatic carbocycles. The molecule has 1 aliphatic rings. The van der Waals surface area contributed by atoms with Crippen LogP contribution < -0.4 is 0 Å². The summed E-state index contributed by atoms with van der Waals surface area (Å²) < 4.78 is 10.5. The van der Waals surface area contributed by atoms with Crippen LogP contribution in [-0.4, -0.2) is 58.8 Å². The molecule has 1 saturated heterocycles. The fourth-order valence-corrected chi connectivity index (χ4v) is 3.51. The highest BCUT2D eigenvalue weighted by molar-refractivity contribution is 6.04. The number of nitrogens with zero attached hydrogens (tertiary/aromatic N) is 1. The van der Waals surface area contributed by atoms with Crippen molar-refractivity contribution in [2.75, 3.05) is 19.7 Å². The van der Waals surface area contributed by atoms with E-state index in [1.54, 1.807) is 39.5 Å². The van der Waals surface area contributed by atoms with Gasteiger partial charge in [0.15, 0.2) is 12.4 Å². The van der Waals surface area contributed by atoms with Crippen molar-refractivity contribution >= 4 is 23.6 Å². The number of aryl methyl sites for hydroxylation is 1. The van der Waals surface area contributed by atoms with Crippen LogP contribution in [0.2, 0.25) is 0 Å².